The molecule has 0 fully saturated rings. The average Bonchev–Trinajstić information content (AvgIpc) is 2.61. The van der Waals surface area contributed by atoms with Gasteiger partial charge in [-0.05, 0) is 29.7 Å². The Bertz CT molecular complexity index is 960. The molecule has 5 heteroatoms. The van der Waals surface area contributed by atoms with Crippen LogP contribution >= 0.6 is 0 Å². The van der Waals surface area contributed by atoms with Gasteiger partial charge in [0.15, 0.2) is 6.61 Å². The van der Waals surface area contributed by atoms with Crippen molar-refractivity contribution >= 4 is 34.0 Å². The van der Waals surface area contributed by atoms with Crippen molar-refractivity contribution < 1.29 is 14.3 Å². The number of amides is 2. The SMILES string of the molecule is O=C1COc2ccc(C(=O)Nc3cccc4ccccc34)cc2N1. The Morgan fingerprint density at radius 2 is 1.88 bits per heavy atom. The number of rotatable bonds is 2. The minimum absolute atomic E-state index is 0.00541. The first kappa shape index (κ1) is 14.3. The standard InChI is InChI=1S/C19H14N2O3/c22-18-11-24-17-9-8-13(10-16(17)20-18)19(23)21-15-7-3-5-12-4-1-2-6-14(12)15/h1-10H,11H2,(H,20,22)(H,21,23). The van der Waals surface area contributed by atoms with Gasteiger partial charge in [0, 0.05) is 16.6 Å². The fourth-order valence-corrected chi connectivity index (χ4v) is 2.75. The lowest BCUT2D eigenvalue weighted by molar-refractivity contribution is -0.118. The van der Waals surface area contributed by atoms with Crippen molar-refractivity contribution in [3.63, 3.8) is 0 Å². The third-order valence-electron chi connectivity index (χ3n) is 3.91. The highest BCUT2D eigenvalue weighted by molar-refractivity contribution is 6.10. The van der Waals surface area contributed by atoms with Gasteiger partial charge in [-0.1, -0.05) is 36.4 Å². The summed E-state index contributed by atoms with van der Waals surface area (Å²) >= 11 is 0. The highest BCUT2D eigenvalue weighted by Crippen LogP contribution is 2.29. The summed E-state index contributed by atoms with van der Waals surface area (Å²) in [7, 11) is 0. The van der Waals surface area contributed by atoms with E-state index in [0.29, 0.717) is 17.0 Å². The van der Waals surface area contributed by atoms with Crippen molar-refractivity contribution in [2.45, 2.75) is 0 Å². The summed E-state index contributed by atoms with van der Waals surface area (Å²) in [5.41, 5.74) is 1.71. The molecule has 0 atom stereocenters. The number of carbonyl (C=O) groups is 2. The molecule has 0 spiro atoms. The first-order valence-electron chi connectivity index (χ1n) is 7.56. The molecular weight excluding hydrogens is 304 g/mol. The van der Waals surface area contributed by atoms with E-state index >= 15 is 0 Å². The molecule has 2 N–H and O–H groups in total. The van der Waals surface area contributed by atoms with Crippen LogP contribution in [0.4, 0.5) is 11.4 Å². The van der Waals surface area contributed by atoms with E-state index in [4.69, 9.17) is 4.74 Å². The molecule has 1 heterocycles. The lowest BCUT2D eigenvalue weighted by Crippen LogP contribution is -2.25. The topological polar surface area (TPSA) is 67.4 Å². The second kappa shape index (κ2) is 5.70. The van der Waals surface area contributed by atoms with Gasteiger partial charge in [0.1, 0.15) is 5.75 Å². The molecule has 1 aliphatic heterocycles. The normalized spacial score (nSPS) is 12.9. The molecule has 0 aromatic heterocycles. The lowest BCUT2D eigenvalue weighted by Gasteiger charge is -2.18. The van der Waals surface area contributed by atoms with Crippen LogP contribution < -0.4 is 15.4 Å². The van der Waals surface area contributed by atoms with Crippen molar-refractivity contribution in [1.29, 1.82) is 0 Å². The summed E-state index contributed by atoms with van der Waals surface area (Å²) in [5.74, 6) is 0.0967. The quantitative estimate of drug-likeness (QED) is 0.761. The second-order valence-corrected chi connectivity index (χ2v) is 5.53. The minimum atomic E-state index is -0.242. The summed E-state index contributed by atoms with van der Waals surface area (Å²) in [6.07, 6.45) is 0. The van der Waals surface area contributed by atoms with Crippen molar-refractivity contribution in [2.24, 2.45) is 0 Å². The number of anilines is 2. The van der Waals surface area contributed by atoms with Crippen molar-refractivity contribution in [2.75, 3.05) is 17.2 Å². The molecule has 5 nitrogen and oxygen atoms in total. The highest BCUT2D eigenvalue weighted by Gasteiger charge is 2.18. The third-order valence-corrected chi connectivity index (χ3v) is 3.91. The fraction of sp³-hybridized carbons (Fsp3) is 0.0526. The molecule has 1 aliphatic rings. The van der Waals surface area contributed by atoms with Crippen molar-refractivity contribution in [3.05, 3.63) is 66.2 Å². The molecule has 3 aromatic rings. The Morgan fingerprint density at radius 3 is 2.79 bits per heavy atom. The van der Waals surface area contributed by atoms with Crippen LogP contribution in [0.2, 0.25) is 0 Å². The van der Waals surface area contributed by atoms with Gasteiger partial charge in [0.25, 0.3) is 11.8 Å². The summed E-state index contributed by atoms with van der Waals surface area (Å²) in [6, 6.07) is 18.6. The zero-order chi connectivity index (χ0) is 16.5. The van der Waals surface area contributed by atoms with Gasteiger partial charge in [-0.3, -0.25) is 9.59 Å². The Labute approximate surface area is 138 Å². The van der Waals surface area contributed by atoms with Crippen LogP contribution in [0.25, 0.3) is 10.8 Å². The van der Waals surface area contributed by atoms with Gasteiger partial charge in [-0.2, -0.15) is 0 Å². The van der Waals surface area contributed by atoms with E-state index < -0.39 is 0 Å². The van der Waals surface area contributed by atoms with Crippen LogP contribution in [0.5, 0.6) is 5.75 Å². The largest absolute Gasteiger partial charge is 0.482 e. The average molecular weight is 318 g/mol. The Hall–Kier alpha value is -3.34. The van der Waals surface area contributed by atoms with E-state index in [-0.39, 0.29) is 18.4 Å². The van der Waals surface area contributed by atoms with Crippen LogP contribution in [0.3, 0.4) is 0 Å². The molecule has 0 radical (unpaired) electrons. The first-order valence-corrected chi connectivity index (χ1v) is 7.56. The summed E-state index contributed by atoms with van der Waals surface area (Å²) < 4.78 is 5.30. The van der Waals surface area contributed by atoms with Gasteiger partial charge in [-0.15, -0.1) is 0 Å². The number of carbonyl (C=O) groups excluding carboxylic acids is 2. The minimum Gasteiger partial charge on any atom is -0.482 e. The predicted molar refractivity (Wildman–Crippen MR) is 92.5 cm³/mol. The third kappa shape index (κ3) is 2.56. The molecule has 0 aliphatic carbocycles. The summed E-state index contributed by atoms with van der Waals surface area (Å²) in [4.78, 5) is 24.0. The van der Waals surface area contributed by atoms with Crippen LogP contribution in [0.1, 0.15) is 10.4 Å². The molecule has 0 unspecified atom stereocenters. The predicted octanol–water partition coefficient (Wildman–Crippen LogP) is 3.42. The van der Waals surface area contributed by atoms with Gasteiger partial charge < -0.3 is 15.4 Å². The maximum Gasteiger partial charge on any atom is 0.262 e. The van der Waals surface area contributed by atoms with E-state index in [1.54, 1.807) is 18.2 Å². The van der Waals surface area contributed by atoms with Crippen molar-refractivity contribution in [1.82, 2.24) is 0 Å². The van der Waals surface area contributed by atoms with Crippen LogP contribution in [-0.4, -0.2) is 18.4 Å². The smallest absolute Gasteiger partial charge is 0.262 e. The molecular formula is C19H14N2O3. The summed E-state index contributed by atoms with van der Waals surface area (Å²) in [6.45, 7) is -0.00541. The maximum atomic E-state index is 12.6. The van der Waals surface area contributed by atoms with E-state index in [1.807, 2.05) is 42.5 Å². The zero-order valence-electron chi connectivity index (χ0n) is 12.7. The van der Waals surface area contributed by atoms with Gasteiger partial charge >= 0.3 is 0 Å². The Morgan fingerprint density at radius 1 is 1.04 bits per heavy atom. The summed E-state index contributed by atoms with van der Waals surface area (Å²) in [5, 5.41) is 7.66. The van der Waals surface area contributed by atoms with E-state index in [0.717, 1.165) is 16.5 Å². The molecule has 3 aromatic carbocycles. The highest BCUT2D eigenvalue weighted by atomic mass is 16.5. The van der Waals surface area contributed by atoms with Crippen LogP contribution in [0, 0.1) is 0 Å². The van der Waals surface area contributed by atoms with Gasteiger partial charge in [-0.25, -0.2) is 0 Å². The molecule has 0 bridgehead atoms. The number of fused-ring (bicyclic) bond motifs is 2. The second-order valence-electron chi connectivity index (χ2n) is 5.53. The Balaban J connectivity index is 1.64. The number of ether oxygens (including phenoxy) is 1. The number of hydrogen-bond acceptors (Lipinski definition) is 3. The fourth-order valence-electron chi connectivity index (χ4n) is 2.75. The zero-order valence-corrected chi connectivity index (χ0v) is 12.7. The van der Waals surface area contributed by atoms with Crippen molar-refractivity contribution in [3.8, 4) is 5.75 Å². The Kier molecular flexibility index (Phi) is 3.39. The van der Waals surface area contributed by atoms with Crippen LogP contribution in [0.15, 0.2) is 60.7 Å². The van der Waals surface area contributed by atoms with E-state index in [2.05, 4.69) is 10.6 Å². The number of hydrogen-bond donors (Lipinski definition) is 2. The molecule has 24 heavy (non-hydrogen) atoms. The van der Waals surface area contributed by atoms with Crippen LogP contribution in [-0.2, 0) is 4.79 Å². The maximum absolute atomic E-state index is 12.6. The molecule has 0 saturated carbocycles. The molecule has 2 amide bonds. The molecule has 0 saturated heterocycles. The van der Waals surface area contributed by atoms with Gasteiger partial charge in [0.2, 0.25) is 0 Å². The molecule has 4 rings (SSSR count). The van der Waals surface area contributed by atoms with E-state index in [9.17, 15) is 9.59 Å². The number of nitrogens with one attached hydrogen (secondary N) is 2. The first-order chi connectivity index (χ1) is 11.7. The number of benzene rings is 3. The monoisotopic (exact) mass is 318 g/mol. The molecule has 118 valence electrons. The lowest BCUT2D eigenvalue weighted by atomic mass is 10.1. The van der Waals surface area contributed by atoms with Gasteiger partial charge in [0.05, 0.1) is 5.69 Å². The van der Waals surface area contributed by atoms with E-state index in [1.165, 1.54) is 0 Å².